The van der Waals surface area contributed by atoms with Crippen LogP contribution in [0.25, 0.3) is 10.9 Å². The van der Waals surface area contributed by atoms with Gasteiger partial charge in [-0.2, -0.15) is 0 Å². The molecule has 4 rings (SSSR count). The van der Waals surface area contributed by atoms with E-state index < -0.39 is 0 Å². The molecule has 28 heavy (non-hydrogen) atoms. The number of methoxy groups -OCH3 is 1. The first-order chi connectivity index (χ1) is 13.7. The molecule has 3 aromatic rings. The Bertz CT molecular complexity index is 1010. The number of carbonyl (C=O) groups excluding carboxylic acids is 1. The molecule has 0 N–H and O–H groups in total. The molecule has 1 heterocycles. The average Bonchev–Trinajstić information content (AvgIpc) is 3.05. The van der Waals surface area contributed by atoms with E-state index in [-0.39, 0.29) is 17.7 Å². The third-order valence-corrected chi connectivity index (χ3v) is 5.50. The number of carbonyl (C=O) groups is 1. The van der Waals surface area contributed by atoms with Gasteiger partial charge in [0.1, 0.15) is 11.6 Å². The Morgan fingerprint density at radius 2 is 2.00 bits per heavy atom. The van der Waals surface area contributed by atoms with Crippen LogP contribution >= 0.6 is 0 Å². The molecule has 2 aromatic carbocycles. The summed E-state index contributed by atoms with van der Waals surface area (Å²) in [5.74, 6) is -0.341. The van der Waals surface area contributed by atoms with Gasteiger partial charge >= 0.3 is 5.97 Å². The second kappa shape index (κ2) is 7.66. The summed E-state index contributed by atoms with van der Waals surface area (Å²) in [5, 5.41) is 0.700. The van der Waals surface area contributed by atoms with Crippen molar-refractivity contribution in [2.24, 2.45) is 0 Å². The van der Waals surface area contributed by atoms with Crippen LogP contribution in [0.3, 0.4) is 0 Å². The van der Waals surface area contributed by atoms with Crippen LogP contribution in [-0.2, 0) is 22.5 Å². The summed E-state index contributed by atoms with van der Waals surface area (Å²) in [6.45, 7) is 2.69. The lowest BCUT2D eigenvalue weighted by Crippen LogP contribution is -2.21. The van der Waals surface area contributed by atoms with Crippen LogP contribution in [-0.4, -0.2) is 24.3 Å². The normalized spacial score (nSPS) is 16.0. The lowest BCUT2D eigenvalue weighted by atomic mass is 9.85. The molecule has 0 saturated carbocycles. The number of fused-ring (bicyclic) bond motifs is 3. The molecule has 1 aliphatic carbocycles. The molecule has 1 aliphatic rings. The molecule has 0 aliphatic heterocycles. The molecule has 146 valence electrons. The molecular weight excluding hydrogens is 357 g/mol. The van der Waals surface area contributed by atoms with Crippen molar-refractivity contribution in [1.82, 2.24) is 4.57 Å². The van der Waals surface area contributed by atoms with E-state index in [4.69, 9.17) is 9.47 Å². The smallest absolute Gasteiger partial charge is 0.313 e. The number of benzene rings is 2. The van der Waals surface area contributed by atoms with Crippen LogP contribution in [0.15, 0.2) is 42.5 Å². The first kappa shape index (κ1) is 18.5. The predicted octanol–water partition coefficient (Wildman–Crippen LogP) is 4.82. The van der Waals surface area contributed by atoms with Gasteiger partial charge in [-0.15, -0.1) is 0 Å². The maximum Gasteiger partial charge on any atom is 0.313 e. The van der Waals surface area contributed by atoms with Gasteiger partial charge in [0, 0.05) is 17.6 Å². The van der Waals surface area contributed by atoms with Gasteiger partial charge in [-0.05, 0) is 49.4 Å². The molecule has 5 heteroatoms. The molecule has 0 amide bonds. The fraction of sp³-hybridized carbons (Fsp3) is 0.348. The van der Waals surface area contributed by atoms with Crippen molar-refractivity contribution in [3.8, 4) is 5.75 Å². The summed E-state index contributed by atoms with van der Waals surface area (Å²) < 4.78 is 28.0. The van der Waals surface area contributed by atoms with Gasteiger partial charge in [0.2, 0.25) is 0 Å². The molecule has 0 bridgehead atoms. The SMILES string of the molecule is CCOC(=O)C1CCCc2c1c1c(OC)ccc(F)c1n2Cc1ccccc1. The quantitative estimate of drug-likeness (QED) is 0.595. The van der Waals surface area contributed by atoms with E-state index in [1.807, 2.05) is 34.9 Å². The molecule has 0 spiro atoms. The van der Waals surface area contributed by atoms with E-state index in [1.165, 1.54) is 6.07 Å². The summed E-state index contributed by atoms with van der Waals surface area (Å²) in [6, 6.07) is 13.1. The number of nitrogens with zero attached hydrogens (tertiary/aromatic N) is 1. The van der Waals surface area contributed by atoms with Crippen molar-refractivity contribution in [2.75, 3.05) is 13.7 Å². The van der Waals surface area contributed by atoms with Crippen molar-refractivity contribution in [2.45, 2.75) is 38.6 Å². The van der Waals surface area contributed by atoms with Crippen molar-refractivity contribution in [3.05, 3.63) is 65.1 Å². The van der Waals surface area contributed by atoms with Crippen molar-refractivity contribution in [3.63, 3.8) is 0 Å². The third-order valence-electron chi connectivity index (χ3n) is 5.50. The van der Waals surface area contributed by atoms with Gasteiger partial charge in [-0.1, -0.05) is 30.3 Å². The fourth-order valence-electron chi connectivity index (χ4n) is 4.35. The molecular formula is C23H24FNO3. The Kier molecular flexibility index (Phi) is 5.07. The standard InChI is InChI=1S/C23H24FNO3/c1-3-28-23(26)16-10-7-11-18-20(16)21-19(27-2)13-12-17(24)22(21)25(18)14-15-8-5-4-6-9-15/h4-6,8-9,12-13,16H,3,7,10-11,14H2,1-2H3. The maximum atomic E-state index is 15.0. The van der Waals surface area contributed by atoms with E-state index >= 15 is 4.39 Å². The number of esters is 1. The number of ether oxygens (including phenoxy) is 2. The maximum absolute atomic E-state index is 15.0. The molecule has 1 aromatic heterocycles. The van der Waals surface area contributed by atoms with E-state index in [2.05, 4.69) is 0 Å². The van der Waals surface area contributed by atoms with E-state index in [0.717, 1.165) is 29.7 Å². The second-order valence-electron chi connectivity index (χ2n) is 7.10. The number of halogens is 1. The van der Waals surface area contributed by atoms with Gasteiger partial charge in [-0.3, -0.25) is 4.79 Å². The van der Waals surface area contributed by atoms with Gasteiger partial charge < -0.3 is 14.0 Å². The first-order valence-electron chi connectivity index (χ1n) is 9.73. The number of hydrogen-bond acceptors (Lipinski definition) is 3. The minimum Gasteiger partial charge on any atom is -0.496 e. The van der Waals surface area contributed by atoms with Crippen LogP contribution in [0, 0.1) is 5.82 Å². The molecule has 0 fully saturated rings. The third kappa shape index (κ3) is 3.05. The average molecular weight is 381 g/mol. The Balaban J connectivity index is 1.98. The van der Waals surface area contributed by atoms with Crippen LogP contribution < -0.4 is 4.74 Å². The van der Waals surface area contributed by atoms with Gasteiger partial charge in [0.05, 0.1) is 25.2 Å². The summed E-state index contributed by atoms with van der Waals surface area (Å²) in [5.41, 5.74) is 3.46. The Morgan fingerprint density at radius 3 is 2.71 bits per heavy atom. The highest BCUT2D eigenvalue weighted by Crippen LogP contribution is 2.44. The Morgan fingerprint density at radius 1 is 1.21 bits per heavy atom. The Hall–Kier alpha value is -2.82. The zero-order chi connectivity index (χ0) is 19.7. The molecule has 0 radical (unpaired) electrons. The largest absolute Gasteiger partial charge is 0.496 e. The van der Waals surface area contributed by atoms with E-state index in [0.29, 0.717) is 36.2 Å². The Labute approximate surface area is 163 Å². The second-order valence-corrected chi connectivity index (χ2v) is 7.10. The van der Waals surface area contributed by atoms with Crippen LogP contribution in [0.2, 0.25) is 0 Å². The van der Waals surface area contributed by atoms with E-state index in [9.17, 15) is 4.79 Å². The molecule has 0 saturated heterocycles. The molecule has 1 unspecified atom stereocenters. The minimum absolute atomic E-state index is 0.242. The van der Waals surface area contributed by atoms with Gasteiger partial charge in [0.15, 0.2) is 0 Å². The number of rotatable bonds is 5. The zero-order valence-electron chi connectivity index (χ0n) is 16.2. The first-order valence-corrected chi connectivity index (χ1v) is 9.73. The minimum atomic E-state index is -0.390. The summed E-state index contributed by atoms with van der Waals surface area (Å²) in [4.78, 5) is 12.7. The summed E-state index contributed by atoms with van der Waals surface area (Å²) in [7, 11) is 1.58. The number of aromatic nitrogens is 1. The van der Waals surface area contributed by atoms with Crippen molar-refractivity contribution >= 4 is 16.9 Å². The lowest BCUT2D eigenvalue weighted by molar-refractivity contribution is -0.145. The van der Waals surface area contributed by atoms with E-state index in [1.54, 1.807) is 20.1 Å². The van der Waals surface area contributed by atoms with Crippen molar-refractivity contribution < 1.29 is 18.7 Å². The van der Waals surface area contributed by atoms with Gasteiger partial charge in [-0.25, -0.2) is 4.39 Å². The predicted molar refractivity (Wildman–Crippen MR) is 106 cm³/mol. The molecule has 1 atom stereocenters. The van der Waals surface area contributed by atoms with Crippen LogP contribution in [0.4, 0.5) is 4.39 Å². The molecule has 4 nitrogen and oxygen atoms in total. The topological polar surface area (TPSA) is 40.5 Å². The monoisotopic (exact) mass is 381 g/mol. The van der Waals surface area contributed by atoms with Crippen LogP contribution in [0.1, 0.15) is 42.5 Å². The highest BCUT2D eigenvalue weighted by molar-refractivity contribution is 5.96. The summed E-state index contributed by atoms with van der Waals surface area (Å²) >= 11 is 0. The van der Waals surface area contributed by atoms with Crippen LogP contribution in [0.5, 0.6) is 5.75 Å². The zero-order valence-corrected chi connectivity index (χ0v) is 16.2. The van der Waals surface area contributed by atoms with Crippen molar-refractivity contribution in [1.29, 1.82) is 0 Å². The number of hydrogen-bond donors (Lipinski definition) is 0. The highest BCUT2D eigenvalue weighted by Gasteiger charge is 2.35. The summed E-state index contributed by atoms with van der Waals surface area (Å²) in [6.07, 6.45) is 2.37. The highest BCUT2D eigenvalue weighted by atomic mass is 19.1. The van der Waals surface area contributed by atoms with Gasteiger partial charge in [0.25, 0.3) is 0 Å². The lowest BCUT2D eigenvalue weighted by Gasteiger charge is -2.23. The fourth-order valence-corrected chi connectivity index (χ4v) is 4.35.